The van der Waals surface area contributed by atoms with E-state index in [0.29, 0.717) is 24.5 Å². The molecule has 1 spiro atoms. The normalized spacial score (nSPS) is 20.3. The summed E-state index contributed by atoms with van der Waals surface area (Å²) in [6.45, 7) is 6.27. The minimum atomic E-state index is -3.82. The van der Waals surface area contributed by atoms with Gasteiger partial charge in [-0.1, -0.05) is 32.3 Å². The average molecular weight is 659 g/mol. The van der Waals surface area contributed by atoms with Crippen LogP contribution >= 0.6 is 0 Å². The van der Waals surface area contributed by atoms with Crippen molar-refractivity contribution >= 4 is 38.8 Å². The maximum absolute atomic E-state index is 14.6. The summed E-state index contributed by atoms with van der Waals surface area (Å²) >= 11 is 0. The summed E-state index contributed by atoms with van der Waals surface area (Å²) in [5.74, 6) is 0.496. The number of methoxy groups -OCH3 is 1. The predicted molar refractivity (Wildman–Crippen MR) is 185 cm³/mol. The molecule has 0 bridgehead atoms. The topological polar surface area (TPSA) is 101 Å². The van der Waals surface area contributed by atoms with Gasteiger partial charge in [0.25, 0.3) is 11.8 Å². The predicted octanol–water partition coefficient (Wildman–Crippen LogP) is 5.93. The van der Waals surface area contributed by atoms with Crippen LogP contribution in [0, 0.1) is 0 Å². The van der Waals surface area contributed by atoms with Crippen molar-refractivity contribution in [1.82, 2.24) is 19.1 Å². The number of aromatic nitrogens is 1. The molecule has 1 unspecified atom stereocenters. The number of nitrogens with one attached hydrogen (secondary N) is 1. The van der Waals surface area contributed by atoms with Crippen LogP contribution < -0.4 is 9.46 Å². The molecule has 47 heavy (non-hydrogen) atoms. The van der Waals surface area contributed by atoms with Crippen molar-refractivity contribution in [3.8, 4) is 17.0 Å². The van der Waals surface area contributed by atoms with Crippen LogP contribution in [0.25, 0.3) is 28.2 Å². The number of amides is 2. The number of hydrogen-bond donors (Lipinski definition) is 1. The van der Waals surface area contributed by atoms with Gasteiger partial charge < -0.3 is 19.1 Å². The van der Waals surface area contributed by atoms with Gasteiger partial charge in [-0.3, -0.25) is 9.59 Å². The van der Waals surface area contributed by atoms with E-state index in [1.807, 2.05) is 30.3 Å². The van der Waals surface area contributed by atoms with E-state index in [0.717, 1.165) is 91.6 Å². The third-order valence-corrected chi connectivity index (χ3v) is 13.0. The Morgan fingerprint density at radius 1 is 1.06 bits per heavy atom. The summed E-state index contributed by atoms with van der Waals surface area (Å²) in [7, 11) is -0.0510. The van der Waals surface area contributed by atoms with E-state index in [2.05, 4.69) is 32.2 Å². The van der Waals surface area contributed by atoms with Crippen LogP contribution in [-0.4, -0.2) is 79.2 Å². The molecular weight excluding hydrogens is 612 g/mol. The Kier molecular flexibility index (Phi) is 8.23. The summed E-state index contributed by atoms with van der Waals surface area (Å²) in [6, 6.07) is 11.6. The Balaban J connectivity index is 1.40. The van der Waals surface area contributed by atoms with E-state index in [-0.39, 0.29) is 17.0 Å². The molecule has 1 saturated carbocycles. The summed E-state index contributed by atoms with van der Waals surface area (Å²) in [5.41, 5.74) is 6.03. The quantitative estimate of drug-likeness (QED) is 0.338. The summed E-state index contributed by atoms with van der Waals surface area (Å²) in [4.78, 5) is 32.4. The number of benzene rings is 2. The molecular formula is C37H46N4O5S. The monoisotopic (exact) mass is 658 g/mol. The average Bonchev–Trinajstić information content (AvgIpc) is 3.58. The van der Waals surface area contributed by atoms with Gasteiger partial charge in [-0.2, -0.15) is 0 Å². The standard InChI is InChI=1S/C37H46N4O5S/c1-5-24(2)47(44,45)38-35(42)26-12-14-31-32(20-26)40-21-28(36(43)41-17-9-16-37(41)22-39(3)23-37)18-27-19-29(46-4)13-15-30(27)34(40)33(31)25-10-7-6-8-11-25/h12-15,18-20,24-25H,5-11,16-17,21-23H2,1-4H3,(H,38,42). The molecule has 1 aliphatic carbocycles. The van der Waals surface area contributed by atoms with E-state index >= 15 is 0 Å². The molecule has 9 nitrogen and oxygen atoms in total. The first-order valence-electron chi connectivity index (χ1n) is 17.2. The Morgan fingerprint density at radius 2 is 1.83 bits per heavy atom. The minimum absolute atomic E-state index is 0.0619. The van der Waals surface area contributed by atoms with Gasteiger partial charge in [0.05, 0.1) is 30.1 Å². The molecule has 0 radical (unpaired) electrons. The van der Waals surface area contributed by atoms with Gasteiger partial charge in [-0.05, 0) is 99.5 Å². The number of carbonyl (C=O) groups excluding carboxylic acids is 2. The second-order valence-electron chi connectivity index (χ2n) is 14.2. The molecule has 4 aliphatic rings. The van der Waals surface area contributed by atoms with Gasteiger partial charge in [-0.25, -0.2) is 13.1 Å². The minimum Gasteiger partial charge on any atom is -0.497 e. The number of likely N-dealkylation sites (N-methyl/N-ethyl adjacent to an activating group) is 1. The van der Waals surface area contributed by atoms with Crippen LogP contribution in [0.1, 0.15) is 92.6 Å². The van der Waals surface area contributed by atoms with E-state index in [4.69, 9.17) is 4.74 Å². The van der Waals surface area contributed by atoms with Gasteiger partial charge in [0, 0.05) is 47.2 Å². The van der Waals surface area contributed by atoms with Gasteiger partial charge in [0.1, 0.15) is 5.75 Å². The van der Waals surface area contributed by atoms with E-state index in [9.17, 15) is 18.0 Å². The lowest BCUT2D eigenvalue weighted by Gasteiger charge is -2.51. The molecule has 2 amide bonds. The Bertz CT molecular complexity index is 1880. The van der Waals surface area contributed by atoms with Crippen LogP contribution in [0.15, 0.2) is 42.0 Å². The summed E-state index contributed by atoms with van der Waals surface area (Å²) in [6.07, 6.45) is 10.2. The molecule has 7 rings (SSSR count). The molecule has 1 N–H and O–H groups in total. The van der Waals surface area contributed by atoms with Gasteiger partial charge in [-0.15, -0.1) is 0 Å². The zero-order valence-electron chi connectivity index (χ0n) is 28.0. The van der Waals surface area contributed by atoms with Crippen LogP contribution in [0.4, 0.5) is 0 Å². The third kappa shape index (κ3) is 5.47. The Labute approximate surface area is 278 Å². The zero-order chi connectivity index (χ0) is 33.1. The van der Waals surface area contributed by atoms with Crippen molar-refractivity contribution in [3.05, 3.63) is 58.7 Å². The number of sulfonamides is 1. The molecule has 3 aromatic rings. The number of fused-ring (bicyclic) bond motifs is 5. The van der Waals surface area contributed by atoms with E-state index in [1.54, 1.807) is 27.0 Å². The van der Waals surface area contributed by atoms with Crippen molar-refractivity contribution in [2.75, 3.05) is 33.8 Å². The summed E-state index contributed by atoms with van der Waals surface area (Å²) in [5, 5.41) is 0.371. The fourth-order valence-electron chi connectivity index (χ4n) is 8.54. The highest BCUT2D eigenvalue weighted by molar-refractivity contribution is 7.90. The number of nitrogens with zero attached hydrogens (tertiary/aromatic N) is 3. The third-order valence-electron chi connectivity index (χ3n) is 11.1. The Morgan fingerprint density at radius 3 is 2.53 bits per heavy atom. The Hall–Kier alpha value is -3.63. The van der Waals surface area contributed by atoms with Gasteiger partial charge in [0.15, 0.2) is 0 Å². The maximum atomic E-state index is 14.6. The lowest BCUT2D eigenvalue weighted by atomic mass is 9.81. The van der Waals surface area contributed by atoms with Gasteiger partial charge >= 0.3 is 0 Å². The number of rotatable bonds is 7. The summed E-state index contributed by atoms with van der Waals surface area (Å²) < 4.78 is 35.8. The number of hydrogen-bond acceptors (Lipinski definition) is 6. The van der Waals surface area contributed by atoms with Crippen molar-refractivity contribution in [2.24, 2.45) is 0 Å². The fraction of sp³-hybridized carbons (Fsp3) is 0.514. The zero-order valence-corrected chi connectivity index (χ0v) is 28.8. The molecule has 10 heteroatoms. The van der Waals surface area contributed by atoms with Crippen LogP contribution in [0.3, 0.4) is 0 Å². The highest BCUT2D eigenvalue weighted by Crippen LogP contribution is 2.47. The highest BCUT2D eigenvalue weighted by atomic mass is 32.2. The van der Waals surface area contributed by atoms with Crippen LogP contribution in [0.2, 0.25) is 0 Å². The molecule has 3 aliphatic heterocycles. The van der Waals surface area contributed by atoms with Gasteiger partial charge in [0.2, 0.25) is 10.0 Å². The van der Waals surface area contributed by atoms with Crippen LogP contribution in [-0.2, 0) is 21.4 Å². The number of ether oxygens (including phenoxy) is 1. The molecule has 3 fully saturated rings. The second kappa shape index (κ2) is 12.1. The number of carbonyl (C=O) groups is 2. The molecule has 250 valence electrons. The van der Waals surface area contributed by atoms with E-state index < -0.39 is 21.2 Å². The second-order valence-corrected chi connectivity index (χ2v) is 16.3. The smallest absolute Gasteiger partial charge is 0.264 e. The maximum Gasteiger partial charge on any atom is 0.264 e. The van der Waals surface area contributed by atoms with Crippen molar-refractivity contribution in [1.29, 1.82) is 0 Å². The number of likely N-dealkylation sites (tertiary alicyclic amines) is 2. The molecule has 2 saturated heterocycles. The van der Waals surface area contributed by atoms with Crippen molar-refractivity contribution in [2.45, 2.75) is 88.5 Å². The SMILES string of the molecule is CCC(C)S(=O)(=O)NC(=O)c1ccc2c(C3CCCCC3)c3n(c2c1)CC(C(=O)N1CCCC12CN(C)C2)=Cc1cc(OC)ccc1-3. The molecule has 1 aromatic heterocycles. The molecule has 1 atom stereocenters. The highest BCUT2D eigenvalue weighted by Gasteiger charge is 2.51. The first kappa shape index (κ1) is 31.9. The van der Waals surface area contributed by atoms with Crippen molar-refractivity contribution in [3.63, 3.8) is 0 Å². The largest absolute Gasteiger partial charge is 0.497 e. The molecule has 4 heterocycles. The first-order chi connectivity index (χ1) is 22.5. The van der Waals surface area contributed by atoms with Crippen LogP contribution in [0.5, 0.6) is 5.75 Å². The van der Waals surface area contributed by atoms with Crippen molar-refractivity contribution < 1.29 is 22.7 Å². The van der Waals surface area contributed by atoms with E-state index in [1.165, 1.54) is 12.0 Å². The lowest BCUT2D eigenvalue weighted by molar-refractivity contribution is -0.137. The molecule has 2 aromatic carbocycles. The first-order valence-corrected chi connectivity index (χ1v) is 18.7. The fourth-order valence-corrected chi connectivity index (χ4v) is 9.55. The lowest BCUT2D eigenvalue weighted by Crippen LogP contribution is -2.67.